The predicted molar refractivity (Wildman–Crippen MR) is 117 cm³/mol. The molecule has 6 heteroatoms. The van der Waals surface area contributed by atoms with Crippen molar-refractivity contribution in [1.29, 1.82) is 0 Å². The van der Waals surface area contributed by atoms with Gasteiger partial charge in [-0.1, -0.05) is 37.3 Å². The van der Waals surface area contributed by atoms with E-state index in [-0.39, 0.29) is 16.8 Å². The highest BCUT2D eigenvalue weighted by molar-refractivity contribution is 7.80. The number of hydrogen-bond acceptors (Lipinski definition) is 4. The maximum absolute atomic E-state index is 12.5. The van der Waals surface area contributed by atoms with Crippen LogP contribution in [-0.4, -0.2) is 24.1 Å². The number of furan rings is 1. The van der Waals surface area contributed by atoms with Gasteiger partial charge in [-0.3, -0.25) is 10.1 Å². The van der Waals surface area contributed by atoms with E-state index in [0.717, 1.165) is 35.8 Å². The molecule has 1 aliphatic heterocycles. The number of benzene rings is 2. The molecule has 0 radical (unpaired) electrons. The Morgan fingerprint density at radius 1 is 1.11 bits per heavy atom. The van der Waals surface area contributed by atoms with Gasteiger partial charge in [0.25, 0.3) is 5.91 Å². The molecule has 1 aromatic heterocycles. The third-order valence-electron chi connectivity index (χ3n) is 5.15. The van der Waals surface area contributed by atoms with Crippen LogP contribution >= 0.6 is 12.2 Å². The second-order valence-electron chi connectivity index (χ2n) is 7.24. The molecular weight excluding hydrogens is 370 g/mol. The SMILES string of the molecule is CC1CCN(c2ccccc2NC(=S)NC(=O)c2cc3ccccc3o2)CC1. The lowest BCUT2D eigenvalue weighted by Gasteiger charge is -2.33. The van der Waals surface area contributed by atoms with Crippen LogP contribution in [0.2, 0.25) is 0 Å². The largest absolute Gasteiger partial charge is 0.451 e. The van der Waals surface area contributed by atoms with Crippen LogP contribution in [0.5, 0.6) is 0 Å². The van der Waals surface area contributed by atoms with E-state index in [1.54, 1.807) is 6.07 Å². The number of hydrogen-bond donors (Lipinski definition) is 2. The summed E-state index contributed by atoms with van der Waals surface area (Å²) in [4.78, 5) is 14.9. The van der Waals surface area contributed by atoms with Gasteiger partial charge >= 0.3 is 0 Å². The molecule has 144 valence electrons. The van der Waals surface area contributed by atoms with E-state index in [1.807, 2.05) is 42.5 Å². The minimum absolute atomic E-state index is 0.239. The number of para-hydroxylation sites is 3. The summed E-state index contributed by atoms with van der Waals surface area (Å²) in [7, 11) is 0. The average molecular weight is 394 g/mol. The van der Waals surface area contributed by atoms with Crippen molar-refractivity contribution in [2.45, 2.75) is 19.8 Å². The Hall–Kier alpha value is -2.86. The lowest BCUT2D eigenvalue weighted by Crippen LogP contribution is -2.36. The van der Waals surface area contributed by atoms with Crippen molar-refractivity contribution < 1.29 is 9.21 Å². The number of thiocarbonyl (C=S) groups is 1. The monoisotopic (exact) mass is 393 g/mol. The number of anilines is 2. The summed E-state index contributed by atoms with van der Waals surface area (Å²) in [5.41, 5.74) is 2.68. The lowest BCUT2D eigenvalue weighted by molar-refractivity contribution is 0.0953. The first-order valence-electron chi connectivity index (χ1n) is 9.55. The molecule has 0 aliphatic carbocycles. The minimum Gasteiger partial charge on any atom is -0.451 e. The molecule has 1 fully saturated rings. The molecule has 0 unspecified atom stereocenters. The number of rotatable bonds is 3. The summed E-state index contributed by atoms with van der Waals surface area (Å²) in [6.45, 7) is 4.35. The van der Waals surface area contributed by atoms with Crippen molar-refractivity contribution >= 4 is 45.6 Å². The van der Waals surface area contributed by atoms with Crippen LogP contribution in [0, 0.1) is 5.92 Å². The molecule has 5 nitrogen and oxygen atoms in total. The molecule has 0 spiro atoms. The molecule has 4 rings (SSSR count). The van der Waals surface area contributed by atoms with E-state index in [2.05, 4.69) is 28.5 Å². The van der Waals surface area contributed by atoms with Crippen LogP contribution in [0.25, 0.3) is 11.0 Å². The summed E-state index contributed by atoms with van der Waals surface area (Å²) >= 11 is 5.37. The molecule has 2 heterocycles. The lowest BCUT2D eigenvalue weighted by atomic mass is 9.98. The number of nitrogens with one attached hydrogen (secondary N) is 2. The smallest absolute Gasteiger partial charge is 0.293 e. The van der Waals surface area contributed by atoms with Crippen LogP contribution in [0.15, 0.2) is 59.0 Å². The number of nitrogens with zero attached hydrogens (tertiary/aromatic N) is 1. The Labute approximate surface area is 169 Å². The van der Waals surface area contributed by atoms with Crippen LogP contribution < -0.4 is 15.5 Å². The fraction of sp³-hybridized carbons (Fsp3) is 0.273. The molecule has 1 amide bonds. The summed E-state index contributed by atoms with van der Waals surface area (Å²) in [5.74, 6) is 0.641. The Morgan fingerprint density at radius 3 is 2.61 bits per heavy atom. The van der Waals surface area contributed by atoms with Crippen molar-refractivity contribution in [3.05, 3.63) is 60.4 Å². The quantitative estimate of drug-likeness (QED) is 0.626. The van der Waals surface area contributed by atoms with E-state index in [9.17, 15) is 4.79 Å². The average Bonchev–Trinajstić information content (AvgIpc) is 3.13. The van der Waals surface area contributed by atoms with Crippen LogP contribution in [-0.2, 0) is 0 Å². The summed E-state index contributed by atoms with van der Waals surface area (Å²) in [6.07, 6.45) is 2.36. The highest BCUT2D eigenvalue weighted by atomic mass is 32.1. The Kier molecular flexibility index (Phi) is 5.30. The number of carbonyl (C=O) groups is 1. The van der Waals surface area contributed by atoms with Crippen LogP contribution in [0.4, 0.5) is 11.4 Å². The van der Waals surface area contributed by atoms with Gasteiger partial charge < -0.3 is 14.6 Å². The zero-order chi connectivity index (χ0) is 19.5. The fourth-order valence-corrected chi connectivity index (χ4v) is 3.72. The Balaban J connectivity index is 1.44. The van der Waals surface area contributed by atoms with Gasteiger partial charge in [0.15, 0.2) is 10.9 Å². The number of carbonyl (C=O) groups excluding carboxylic acids is 1. The predicted octanol–water partition coefficient (Wildman–Crippen LogP) is 4.80. The van der Waals surface area contributed by atoms with Gasteiger partial charge in [0, 0.05) is 18.5 Å². The van der Waals surface area contributed by atoms with Crippen molar-refractivity contribution in [2.75, 3.05) is 23.3 Å². The van der Waals surface area contributed by atoms with Gasteiger partial charge in [-0.25, -0.2) is 0 Å². The number of piperidine rings is 1. The molecule has 1 aliphatic rings. The molecule has 2 aromatic carbocycles. The van der Waals surface area contributed by atoms with E-state index in [4.69, 9.17) is 16.6 Å². The van der Waals surface area contributed by atoms with Gasteiger partial charge in [-0.15, -0.1) is 0 Å². The van der Waals surface area contributed by atoms with E-state index in [0.29, 0.717) is 5.58 Å². The maximum Gasteiger partial charge on any atom is 0.293 e. The summed E-state index contributed by atoms with van der Waals surface area (Å²) in [6, 6.07) is 17.3. The topological polar surface area (TPSA) is 57.5 Å². The first-order chi connectivity index (χ1) is 13.6. The van der Waals surface area contributed by atoms with E-state index < -0.39 is 0 Å². The number of amides is 1. The highest BCUT2D eigenvalue weighted by Gasteiger charge is 2.19. The second kappa shape index (κ2) is 8.02. The van der Waals surface area contributed by atoms with Gasteiger partial charge in [0.05, 0.1) is 11.4 Å². The molecule has 0 atom stereocenters. The van der Waals surface area contributed by atoms with Crippen molar-refractivity contribution in [2.24, 2.45) is 5.92 Å². The normalized spacial score (nSPS) is 14.8. The number of fused-ring (bicyclic) bond motifs is 1. The van der Waals surface area contributed by atoms with Crippen LogP contribution in [0.3, 0.4) is 0 Å². The minimum atomic E-state index is -0.363. The first-order valence-corrected chi connectivity index (χ1v) is 9.96. The Bertz CT molecular complexity index is 973. The second-order valence-corrected chi connectivity index (χ2v) is 7.65. The van der Waals surface area contributed by atoms with Crippen molar-refractivity contribution in [3.8, 4) is 0 Å². The molecule has 28 heavy (non-hydrogen) atoms. The molecule has 1 saturated heterocycles. The zero-order valence-electron chi connectivity index (χ0n) is 15.8. The van der Waals surface area contributed by atoms with E-state index >= 15 is 0 Å². The molecular formula is C22H23N3O2S. The molecule has 2 N–H and O–H groups in total. The summed E-state index contributed by atoms with van der Waals surface area (Å²) in [5, 5.41) is 7.02. The van der Waals surface area contributed by atoms with Gasteiger partial charge in [0.2, 0.25) is 0 Å². The third kappa shape index (κ3) is 4.02. The van der Waals surface area contributed by atoms with Crippen molar-refractivity contribution in [3.63, 3.8) is 0 Å². The highest BCUT2D eigenvalue weighted by Crippen LogP contribution is 2.29. The summed E-state index contributed by atoms with van der Waals surface area (Å²) < 4.78 is 5.60. The molecule has 0 saturated carbocycles. The van der Waals surface area contributed by atoms with Crippen molar-refractivity contribution in [1.82, 2.24) is 5.32 Å². The zero-order valence-corrected chi connectivity index (χ0v) is 16.6. The van der Waals surface area contributed by atoms with Gasteiger partial charge in [-0.05, 0) is 55.2 Å². The first kappa shape index (κ1) is 18.5. The third-order valence-corrected chi connectivity index (χ3v) is 5.36. The fourth-order valence-electron chi connectivity index (χ4n) is 3.52. The van der Waals surface area contributed by atoms with Gasteiger partial charge in [-0.2, -0.15) is 0 Å². The van der Waals surface area contributed by atoms with Gasteiger partial charge in [0.1, 0.15) is 5.58 Å². The van der Waals surface area contributed by atoms with E-state index in [1.165, 1.54) is 12.8 Å². The Morgan fingerprint density at radius 2 is 1.82 bits per heavy atom. The van der Waals surface area contributed by atoms with Crippen LogP contribution in [0.1, 0.15) is 30.3 Å². The molecule has 3 aromatic rings. The standard InChI is InChI=1S/C22H23N3O2S/c1-15-10-12-25(13-11-15)18-8-4-3-7-17(18)23-22(28)24-21(26)20-14-16-6-2-5-9-19(16)27-20/h2-9,14-15H,10-13H2,1H3,(H2,23,24,26,28). The maximum atomic E-state index is 12.5. The molecule has 0 bridgehead atoms.